The van der Waals surface area contributed by atoms with Gasteiger partial charge in [-0.25, -0.2) is 4.79 Å². The zero-order chi connectivity index (χ0) is 17.8. The lowest BCUT2D eigenvalue weighted by Gasteiger charge is -2.24. The molecule has 0 aromatic carbocycles. The highest BCUT2D eigenvalue weighted by atomic mass is 19.4. The summed E-state index contributed by atoms with van der Waals surface area (Å²) >= 11 is 0. The average molecular weight is 340 g/mol. The number of rotatable bonds is 6. The Morgan fingerprint density at radius 1 is 1.30 bits per heavy atom. The third kappa shape index (κ3) is 5.56. The third-order valence-electron chi connectivity index (χ3n) is 4.07. The van der Waals surface area contributed by atoms with Crippen molar-refractivity contribution in [1.82, 2.24) is 10.2 Å². The highest BCUT2D eigenvalue weighted by Crippen LogP contribution is 2.37. The van der Waals surface area contributed by atoms with Crippen molar-refractivity contribution in [2.24, 2.45) is 11.8 Å². The van der Waals surface area contributed by atoms with E-state index in [0.29, 0.717) is 0 Å². The summed E-state index contributed by atoms with van der Waals surface area (Å²) in [5.74, 6) is -5.22. The standard InChI is InChI=1S/C14H23F3N2O4/c1-4-13(2,3)23-6-5-18-12(22)19-7-9(11(20)21)10(8-19)14(15,16)17/h9-10H,4-8H2,1-3H3,(H,18,22)(H,20,21)/t9-,10-/m1/s1. The number of amides is 2. The van der Waals surface area contributed by atoms with Crippen LogP contribution in [0, 0.1) is 11.8 Å². The number of urea groups is 1. The number of aliphatic carboxylic acids is 1. The van der Waals surface area contributed by atoms with Crippen molar-refractivity contribution >= 4 is 12.0 Å². The Balaban J connectivity index is 2.50. The second-order valence-electron chi connectivity index (χ2n) is 6.19. The quantitative estimate of drug-likeness (QED) is 0.726. The first-order chi connectivity index (χ1) is 10.5. The second-order valence-corrected chi connectivity index (χ2v) is 6.19. The van der Waals surface area contributed by atoms with Crippen molar-refractivity contribution in [3.8, 4) is 0 Å². The minimum Gasteiger partial charge on any atom is -0.481 e. The topological polar surface area (TPSA) is 78.9 Å². The maximum absolute atomic E-state index is 12.8. The molecule has 1 aliphatic rings. The van der Waals surface area contributed by atoms with Gasteiger partial charge in [0.2, 0.25) is 0 Å². The molecule has 0 spiro atoms. The summed E-state index contributed by atoms with van der Waals surface area (Å²) in [5, 5.41) is 11.4. The highest BCUT2D eigenvalue weighted by molar-refractivity contribution is 5.77. The van der Waals surface area contributed by atoms with Gasteiger partial charge in [-0.15, -0.1) is 0 Å². The summed E-state index contributed by atoms with van der Waals surface area (Å²) in [6.07, 6.45) is -3.87. The molecule has 9 heteroatoms. The van der Waals surface area contributed by atoms with E-state index in [-0.39, 0.29) is 18.8 Å². The van der Waals surface area contributed by atoms with Crippen LogP contribution < -0.4 is 5.32 Å². The molecule has 6 nitrogen and oxygen atoms in total. The molecular weight excluding hydrogens is 317 g/mol. The molecule has 1 fully saturated rings. The predicted molar refractivity (Wildman–Crippen MR) is 76.0 cm³/mol. The van der Waals surface area contributed by atoms with Crippen LogP contribution in [-0.4, -0.2) is 60.0 Å². The lowest BCUT2D eigenvalue weighted by Crippen LogP contribution is -2.41. The first-order valence-electron chi connectivity index (χ1n) is 7.44. The summed E-state index contributed by atoms with van der Waals surface area (Å²) in [5.41, 5.74) is -0.339. The monoisotopic (exact) mass is 340 g/mol. The molecule has 1 heterocycles. The van der Waals surface area contributed by atoms with Crippen LogP contribution in [0.3, 0.4) is 0 Å². The molecule has 0 bridgehead atoms. The van der Waals surface area contributed by atoms with Gasteiger partial charge in [0.05, 0.1) is 24.0 Å². The third-order valence-corrected chi connectivity index (χ3v) is 4.07. The molecule has 1 rings (SSSR count). The van der Waals surface area contributed by atoms with E-state index < -0.39 is 43.1 Å². The summed E-state index contributed by atoms with van der Waals surface area (Å²) in [6.45, 7) is 5.01. The van der Waals surface area contributed by atoms with Gasteiger partial charge in [0.1, 0.15) is 0 Å². The van der Waals surface area contributed by atoms with Crippen LogP contribution in [0.1, 0.15) is 27.2 Å². The molecule has 0 radical (unpaired) electrons. The Morgan fingerprint density at radius 3 is 2.35 bits per heavy atom. The van der Waals surface area contributed by atoms with E-state index in [1.54, 1.807) is 0 Å². The van der Waals surface area contributed by atoms with Crippen molar-refractivity contribution in [3.05, 3.63) is 0 Å². The molecule has 1 saturated heterocycles. The van der Waals surface area contributed by atoms with Gasteiger partial charge in [-0.2, -0.15) is 13.2 Å². The molecule has 0 saturated carbocycles. The first-order valence-corrected chi connectivity index (χ1v) is 7.44. The van der Waals surface area contributed by atoms with Gasteiger partial charge in [0, 0.05) is 19.6 Å². The number of carbonyl (C=O) groups excluding carboxylic acids is 1. The molecule has 1 aliphatic heterocycles. The van der Waals surface area contributed by atoms with E-state index in [0.717, 1.165) is 11.3 Å². The molecule has 2 N–H and O–H groups in total. The number of carboxylic acids is 1. The highest BCUT2D eigenvalue weighted by Gasteiger charge is 2.53. The van der Waals surface area contributed by atoms with Gasteiger partial charge in [0.15, 0.2) is 0 Å². The Morgan fingerprint density at radius 2 is 1.91 bits per heavy atom. The molecule has 0 aliphatic carbocycles. The number of hydrogen-bond acceptors (Lipinski definition) is 3. The largest absolute Gasteiger partial charge is 0.481 e. The van der Waals surface area contributed by atoms with E-state index in [1.807, 2.05) is 20.8 Å². The van der Waals surface area contributed by atoms with Crippen molar-refractivity contribution in [2.75, 3.05) is 26.2 Å². The molecule has 134 valence electrons. The smallest absolute Gasteiger partial charge is 0.394 e. The van der Waals surface area contributed by atoms with Gasteiger partial charge >= 0.3 is 18.2 Å². The van der Waals surface area contributed by atoms with Gasteiger partial charge in [0.25, 0.3) is 0 Å². The molecule has 2 amide bonds. The van der Waals surface area contributed by atoms with Crippen LogP contribution in [0.25, 0.3) is 0 Å². The summed E-state index contributed by atoms with van der Waals surface area (Å²) in [7, 11) is 0. The molecule has 2 atom stereocenters. The van der Waals surface area contributed by atoms with Gasteiger partial charge in [-0.05, 0) is 20.3 Å². The average Bonchev–Trinajstić information content (AvgIpc) is 2.89. The Bertz CT molecular complexity index is 440. The number of alkyl halides is 3. The normalized spacial score (nSPS) is 22.3. The zero-order valence-corrected chi connectivity index (χ0v) is 13.4. The molecule has 23 heavy (non-hydrogen) atoms. The molecular formula is C14H23F3N2O4. The van der Waals surface area contributed by atoms with Crippen LogP contribution in [0.5, 0.6) is 0 Å². The van der Waals surface area contributed by atoms with Crippen LogP contribution in [0.2, 0.25) is 0 Å². The van der Waals surface area contributed by atoms with Crippen molar-refractivity contribution in [2.45, 2.75) is 39.0 Å². The fourth-order valence-corrected chi connectivity index (χ4v) is 2.25. The Hall–Kier alpha value is -1.51. The Kier molecular flexibility index (Phi) is 6.26. The minimum absolute atomic E-state index is 0.146. The van der Waals surface area contributed by atoms with Gasteiger partial charge in [-0.3, -0.25) is 4.79 Å². The zero-order valence-electron chi connectivity index (χ0n) is 13.4. The SMILES string of the molecule is CCC(C)(C)OCCNC(=O)N1C[C@@H](C(F)(F)F)[C@H](C(=O)O)C1. The van der Waals surface area contributed by atoms with Crippen LogP contribution in [0.15, 0.2) is 0 Å². The summed E-state index contributed by atoms with van der Waals surface area (Å²) < 4.78 is 44.0. The molecule has 0 unspecified atom stereocenters. The van der Waals surface area contributed by atoms with E-state index in [1.165, 1.54) is 0 Å². The van der Waals surface area contributed by atoms with E-state index in [9.17, 15) is 22.8 Å². The lowest BCUT2D eigenvalue weighted by atomic mass is 9.96. The van der Waals surface area contributed by atoms with E-state index in [4.69, 9.17) is 9.84 Å². The van der Waals surface area contributed by atoms with Crippen molar-refractivity contribution in [1.29, 1.82) is 0 Å². The molecule has 0 aromatic rings. The number of ether oxygens (including phenoxy) is 1. The maximum atomic E-state index is 12.8. The number of nitrogens with zero attached hydrogens (tertiary/aromatic N) is 1. The van der Waals surface area contributed by atoms with Crippen molar-refractivity contribution in [3.63, 3.8) is 0 Å². The van der Waals surface area contributed by atoms with E-state index >= 15 is 0 Å². The lowest BCUT2D eigenvalue weighted by molar-refractivity contribution is -0.187. The Labute approximate surface area is 133 Å². The number of nitrogens with one attached hydrogen (secondary N) is 1. The van der Waals surface area contributed by atoms with Crippen LogP contribution >= 0.6 is 0 Å². The number of hydrogen-bond donors (Lipinski definition) is 2. The first kappa shape index (κ1) is 19.5. The fraction of sp³-hybridized carbons (Fsp3) is 0.857. The second kappa shape index (κ2) is 7.37. The number of likely N-dealkylation sites (tertiary alicyclic amines) is 1. The summed E-state index contributed by atoms with van der Waals surface area (Å²) in [6, 6.07) is -0.707. The predicted octanol–water partition coefficient (Wildman–Crippen LogP) is 2.10. The number of carboxylic acid groups (broad SMARTS) is 1. The molecule has 0 aromatic heterocycles. The number of carbonyl (C=O) groups is 2. The van der Waals surface area contributed by atoms with Gasteiger partial charge < -0.3 is 20.1 Å². The van der Waals surface area contributed by atoms with Crippen LogP contribution in [-0.2, 0) is 9.53 Å². The van der Waals surface area contributed by atoms with E-state index in [2.05, 4.69) is 5.32 Å². The summed E-state index contributed by atoms with van der Waals surface area (Å²) in [4.78, 5) is 23.7. The number of halogens is 3. The van der Waals surface area contributed by atoms with Gasteiger partial charge in [-0.1, -0.05) is 6.92 Å². The fourth-order valence-electron chi connectivity index (χ4n) is 2.25. The minimum atomic E-state index is -4.65. The maximum Gasteiger partial charge on any atom is 0.394 e. The van der Waals surface area contributed by atoms with Crippen molar-refractivity contribution < 1.29 is 32.6 Å². The van der Waals surface area contributed by atoms with Crippen LogP contribution in [0.4, 0.5) is 18.0 Å².